The van der Waals surface area contributed by atoms with Gasteiger partial charge in [-0.1, -0.05) is 126 Å². The smallest absolute Gasteiger partial charge is 0.264 e. The lowest BCUT2D eigenvalue weighted by atomic mass is 9.67. The molecule has 0 amide bonds. The first-order valence-electron chi connectivity index (χ1n) is 20.7. The molecule has 308 valence electrons. The van der Waals surface area contributed by atoms with E-state index in [1.54, 1.807) is 0 Å². The Balaban J connectivity index is 0.000000177. The fraction of sp³-hybridized carbons (Fsp3) is 0.231. The van der Waals surface area contributed by atoms with Gasteiger partial charge < -0.3 is 14.7 Å². The molecule has 0 unspecified atom stereocenters. The Bertz CT molecular complexity index is 2150. The number of nitrogens with zero attached hydrogens (tertiary/aromatic N) is 2. The van der Waals surface area contributed by atoms with Gasteiger partial charge in [-0.05, 0) is 106 Å². The van der Waals surface area contributed by atoms with E-state index < -0.39 is 7.32 Å². The van der Waals surface area contributed by atoms with Gasteiger partial charge in [-0.15, -0.1) is 0 Å². The maximum atomic E-state index is 10.7. The molecular formula is C52H57BN2O5. The van der Waals surface area contributed by atoms with Gasteiger partial charge in [0, 0.05) is 45.7 Å². The molecule has 2 heterocycles. The fourth-order valence-electron chi connectivity index (χ4n) is 7.42. The quantitative estimate of drug-likeness (QED) is 0.0483. The molecule has 0 aliphatic rings. The molecule has 7 rings (SSSR count). The third-order valence-electron chi connectivity index (χ3n) is 10.3. The predicted octanol–water partition coefficient (Wildman–Crippen LogP) is 7.94. The standard InChI is InChI=1S/C22H21BO3.2C15H18NO/c24-23(25)26-18-10-17-22(19-11-4-1-5-12-19,20-13-6-2-7-14-20)21-15-8-3-9-16-21;2*1-4-17-16-10-6-5-7-15(16)14-11-12(2)8-9-13(14)3/h1-9,11-16H,10,17-18H2;2*5-11H,4H2,1-3H3/q-2;2*+1. The predicted molar refractivity (Wildman–Crippen MR) is 237 cm³/mol. The molecule has 0 aliphatic carbocycles. The summed E-state index contributed by atoms with van der Waals surface area (Å²) in [5.41, 5.74) is 12.8. The van der Waals surface area contributed by atoms with Crippen molar-refractivity contribution in [3.8, 4) is 22.5 Å². The van der Waals surface area contributed by atoms with Crippen LogP contribution in [0.5, 0.6) is 0 Å². The summed E-state index contributed by atoms with van der Waals surface area (Å²) < 4.78 is 8.40. The van der Waals surface area contributed by atoms with E-state index in [1.165, 1.54) is 50.1 Å². The van der Waals surface area contributed by atoms with E-state index in [-0.39, 0.29) is 12.0 Å². The molecule has 60 heavy (non-hydrogen) atoms. The van der Waals surface area contributed by atoms with Crippen LogP contribution in [0.2, 0.25) is 0 Å². The second-order valence-corrected chi connectivity index (χ2v) is 14.6. The van der Waals surface area contributed by atoms with Gasteiger partial charge in [0.15, 0.2) is 13.2 Å². The first kappa shape index (κ1) is 45.0. The summed E-state index contributed by atoms with van der Waals surface area (Å²) in [7, 11) is -2.23. The number of pyridine rings is 2. The second-order valence-electron chi connectivity index (χ2n) is 14.6. The van der Waals surface area contributed by atoms with Gasteiger partial charge >= 0.3 is 0 Å². The van der Waals surface area contributed by atoms with E-state index in [4.69, 9.17) is 14.3 Å². The first-order valence-corrected chi connectivity index (χ1v) is 20.7. The third-order valence-corrected chi connectivity index (χ3v) is 10.3. The molecular weight excluding hydrogens is 743 g/mol. The molecule has 5 aromatic carbocycles. The van der Waals surface area contributed by atoms with Crippen LogP contribution in [0.15, 0.2) is 176 Å². The highest BCUT2D eigenvalue weighted by atomic mass is 16.7. The number of rotatable bonds is 14. The Labute approximate surface area is 357 Å². The van der Waals surface area contributed by atoms with Crippen molar-refractivity contribution in [2.24, 2.45) is 0 Å². The molecule has 0 saturated carbocycles. The molecule has 7 aromatic rings. The first-order chi connectivity index (χ1) is 29.2. The number of benzene rings is 5. The van der Waals surface area contributed by atoms with E-state index in [0.717, 1.165) is 17.8 Å². The van der Waals surface area contributed by atoms with Crippen molar-refractivity contribution in [2.75, 3.05) is 19.8 Å². The van der Waals surface area contributed by atoms with Gasteiger partial charge in [0.1, 0.15) is 0 Å². The van der Waals surface area contributed by atoms with Crippen molar-refractivity contribution >= 4 is 7.32 Å². The van der Waals surface area contributed by atoms with Crippen LogP contribution in [-0.4, -0.2) is 27.1 Å². The minimum atomic E-state index is -2.23. The highest BCUT2D eigenvalue weighted by Gasteiger charge is 2.35. The average Bonchev–Trinajstić information content (AvgIpc) is 3.27. The fourth-order valence-corrected chi connectivity index (χ4v) is 7.42. The van der Waals surface area contributed by atoms with Gasteiger partial charge in [-0.3, -0.25) is 9.68 Å². The molecule has 0 spiro atoms. The minimum absolute atomic E-state index is 0.159. The van der Waals surface area contributed by atoms with Crippen molar-refractivity contribution in [3.63, 3.8) is 0 Å². The Morgan fingerprint density at radius 1 is 0.500 bits per heavy atom. The Morgan fingerprint density at radius 2 is 0.883 bits per heavy atom. The molecule has 0 atom stereocenters. The molecule has 7 nitrogen and oxygen atoms in total. The van der Waals surface area contributed by atoms with Crippen molar-refractivity contribution in [1.29, 1.82) is 0 Å². The zero-order chi connectivity index (χ0) is 42.7. The van der Waals surface area contributed by atoms with Crippen molar-refractivity contribution in [2.45, 2.75) is 59.8 Å². The molecule has 0 fully saturated rings. The maximum Gasteiger partial charge on any atom is 0.264 e. The van der Waals surface area contributed by atoms with Gasteiger partial charge in [0.2, 0.25) is 12.4 Å². The van der Waals surface area contributed by atoms with Crippen LogP contribution in [0.25, 0.3) is 22.5 Å². The molecule has 0 saturated heterocycles. The van der Waals surface area contributed by atoms with Crippen LogP contribution in [0.1, 0.15) is 65.6 Å². The summed E-state index contributed by atoms with van der Waals surface area (Å²) in [6, 6.07) is 56.2. The molecule has 0 aliphatic heterocycles. The zero-order valence-electron chi connectivity index (χ0n) is 35.8. The van der Waals surface area contributed by atoms with E-state index in [9.17, 15) is 10.0 Å². The second kappa shape index (κ2) is 22.9. The highest BCUT2D eigenvalue weighted by Crippen LogP contribution is 2.43. The lowest BCUT2D eigenvalue weighted by Gasteiger charge is -2.37. The normalized spacial score (nSPS) is 10.7. The van der Waals surface area contributed by atoms with Crippen molar-refractivity contribution in [3.05, 3.63) is 215 Å². The third kappa shape index (κ3) is 12.0. The summed E-state index contributed by atoms with van der Waals surface area (Å²) in [6.07, 6.45) is 5.23. The molecule has 0 N–H and O–H groups in total. The molecule has 0 bridgehead atoms. The summed E-state index contributed by atoms with van der Waals surface area (Å²) in [5.74, 6) is 0. The summed E-state index contributed by atoms with van der Waals surface area (Å²) in [4.78, 5) is 11.2. The largest absolute Gasteiger partial charge is 0.871 e. The van der Waals surface area contributed by atoms with Crippen LogP contribution < -0.4 is 29.2 Å². The summed E-state index contributed by atoms with van der Waals surface area (Å²) >= 11 is 0. The van der Waals surface area contributed by atoms with Gasteiger partial charge in [0.25, 0.3) is 11.4 Å². The maximum absolute atomic E-state index is 10.7. The van der Waals surface area contributed by atoms with Crippen molar-refractivity contribution in [1.82, 2.24) is 0 Å². The van der Waals surface area contributed by atoms with Crippen LogP contribution in [0, 0.1) is 27.7 Å². The van der Waals surface area contributed by atoms with Crippen molar-refractivity contribution < 1.29 is 33.8 Å². The Kier molecular flexibility index (Phi) is 17.2. The van der Waals surface area contributed by atoms with E-state index in [1.807, 2.05) is 115 Å². The van der Waals surface area contributed by atoms with Crippen LogP contribution >= 0.6 is 0 Å². The lowest BCUT2D eigenvalue weighted by Crippen LogP contribution is -2.48. The Morgan fingerprint density at radius 3 is 1.25 bits per heavy atom. The zero-order valence-corrected chi connectivity index (χ0v) is 35.8. The number of hydrogen-bond donors (Lipinski definition) is 0. The summed E-state index contributed by atoms with van der Waals surface area (Å²) in [5, 5.41) is 21.4. The lowest BCUT2D eigenvalue weighted by molar-refractivity contribution is -0.882. The van der Waals surface area contributed by atoms with Gasteiger partial charge in [-0.2, -0.15) is 0 Å². The van der Waals surface area contributed by atoms with E-state index >= 15 is 0 Å². The highest BCUT2D eigenvalue weighted by molar-refractivity contribution is 6.28. The SMILES string of the molecule is CCO[n+]1ccccc1-c1cc(C)ccc1C.CCO[n+]1ccccc1-c1cc(C)ccc1C.[O-]B([O-])OCCCC(c1ccccc1)(c1ccccc1)c1ccccc1. The molecule has 8 heteroatoms. The Hall–Kier alpha value is -6.06. The van der Waals surface area contributed by atoms with Crippen LogP contribution in [0.3, 0.4) is 0 Å². The monoisotopic (exact) mass is 800 g/mol. The molecule has 2 aromatic heterocycles. The topological polar surface area (TPSA) is 81.6 Å². The number of aromatic nitrogens is 2. The average molecular weight is 801 g/mol. The van der Waals surface area contributed by atoms with Gasteiger partial charge in [0.05, 0.1) is 18.4 Å². The van der Waals surface area contributed by atoms with E-state index in [2.05, 4.69) is 113 Å². The number of hydrogen-bond acceptors (Lipinski definition) is 5. The van der Waals surface area contributed by atoms with Crippen LogP contribution in [0.4, 0.5) is 0 Å². The van der Waals surface area contributed by atoms with Crippen LogP contribution in [-0.2, 0) is 10.1 Å². The number of aryl methyl sites for hydroxylation is 4. The molecule has 0 radical (unpaired) electrons. The summed E-state index contributed by atoms with van der Waals surface area (Å²) in [6.45, 7) is 13.9. The minimum Gasteiger partial charge on any atom is -0.871 e. The van der Waals surface area contributed by atoms with E-state index in [0.29, 0.717) is 19.6 Å². The van der Waals surface area contributed by atoms with Gasteiger partial charge in [-0.25, -0.2) is 0 Å².